The number of ether oxygens (including phenoxy) is 2. The normalized spacial score (nSPS) is 33.0. The number of hydrogen-bond donors (Lipinski definition) is 1. The monoisotopic (exact) mass is 468 g/mol. The van der Waals surface area contributed by atoms with Gasteiger partial charge >= 0.3 is 5.97 Å². The first-order chi connectivity index (χ1) is 16.2. The van der Waals surface area contributed by atoms with Gasteiger partial charge in [0.1, 0.15) is 11.9 Å². The molecule has 2 radical (unpaired) electrons. The van der Waals surface area contributed by atoms with Gasteiger partial charge in [-0.25, -0.2) is 0 Å². The number of esters is 1. The Morgan fingerprint density at radius 1 is 1.21 bits per heavy atom. The average molecular weight is 469 g/mol. The Labute approximate surface area is 204 Å². The highest BCUT2D eigenvalue weighted by molar-refractivity contribution is 5.66. The molecule has 0 spiro atoms. The van der Waals surface area contributed by atoms with Gasteiger partial charge in [0.05, 0.1) is 19.1 Å². The highest BCUT2D eigenvalue weighted by Crippen LogP contribution is 2.50. The third-order valence-corrected chi connectivity index (χ3v) is 8.24. The Hall–Kier alpha value is -2.05. The van der Waals surface area contributed by atoms with Crippen LogP contribution in [0.2, 0.25) is 0 Å². The van der Waals surface area contributed by atoms with Gasteiger partial charge in [0.2, 0.25) is 0 Å². The van der Waals surface area contributed by atoms with Crippen LogP contribution in [0.5, 0.6) is 5.75 Å². The molecular weight excluding hydrogens is 428 g/mol. The maximum absolute atomic E-state index is 11.7. The summed E-state index contributed by atoms with van der Waals surface area (Å²) >= 11 is 0. The molecule has 2 aliphatic carbocycles. The first-order valence-corrected chi connectivity index (χ1v) is 12.7. The van der Waals surface area contributed by atoms with Crippen molar-refractivity contribution >= 4 is 11.7 Å². The Morgan fingerprint density at radius 3 is 2.50 bits per heavy atom. The molecule has 6 atom stereocenters. The van der Waals surface area contributed by atoms with Crippen molar-refractivity contribution in [3.63, 3.8) is 0 Å². The molecule has 0 unspecified atom stereocenters. The van der Waals surface area contributed by atoms with Crippen LogP contribution in [0.25, 0.3) is 0 Å². The molecule has 1 saturated heterocycles. The lowest BCUT2D eigenvalue weighted by Crippen LogP contribution is -2.57. The van der Waals surface area contributed by atoms with E-state index in [1.54, 1.807) is 7.11 Å². The minimum Gasteiger partial charge on any atom is -0.497 e. The number of hydrogen-bond acceptors (Lipinski definition) is 6. The van der Waals surface area contributed by atoms with Crippen molar-refractivity contribution in [2.24, 2.45) is 23.7 Å². The average Bonchev–Trinajstić information content (AvgIpc) is 2.81. The molecule has 1 heterocycles. The highest BCUT2D eigenvalue weighted by atomic mass is 16.5. The lowest BCUT2D eigenvalue weighted by atomic mass is 9.57. The van der Waals surface area contributed by atoms with Crippen LogP contribution in [-0.4, -0.2) is 67.5 Å². The van der Waals surface area contributed by atoms with Gasteiger partial charge in [-0.1, -0.05) is 19.9 Å². The molecule has 2 fully saturated rings. The van der Waals surface area contributed by atoms with Crippen LogP contribution in [0.15, 0.2) is 35.9 Å². The number of benzene rings is 1. The molecule has 6 heteroatoms. The Balaban J connectivity index is 1.38. The van der Waals surface area contributed by atoms with Crippen LogP contribution in [0.4, 0.5) is 5.69 Å². The molecule has 34 heavy (non-hydrogen) atoms. The summed E-state index contributed by atoms with van der Waals surface area (Å²) in [7, 11) is 1.70. The summed E-state index contributed by atoms with van der Waals surface area (Å²) < 4.78 is 10.7. The van der Waals surface area contributed by atoms with E-state index >= 15 is 0 Å². The van der Waals surface area contributed by atoms with Crippen LogP contribution in [0, 0.1) is 30.1 Å². The zero-order chi connectivity index (χ0) is 24.5. The number of methoxy groups -OCH3 is 1. The molecule has 1 aromatic rings. The third kappa shape index (κ3) is 5.13. The standard InChI is InChI=1S/C28H40N2O4/c1-19-16-26-25(11-6-21(3)28(26,32)17-27(19)34-22(4)31)20(2)18-29-12-14-30(15-13-29)23-7-9-24(33-5)10-8-23/h7-10,16,20-21,25-27,32H,6,11-15,18H2,1-5H3/t20-,21-,25+,26-,27-,28-/m1/s1. The number of fused-ring (bicyclic) bond motifs is 1. The van der Waals surface area contributed by atoms with E-state index in [2.05, 4.69) is 48.3 Å². The largest absolute Gasteiger partial charge is 0.497 e. The number of nitrogens with zero attached hydrogens (tertiary/aromatic N) is 2. The SMILES string of the molecule is COc1ccc(N2CCN(C[C@@H](C)[C@@H]3CC[C@@H](C)[C@]4(O)[C][C@@H](OC(C)=O)C(C)=C[C@H]34)CC2)cc1. The van der Waals surface area contributed by atoms with Crippen molar-refractivity contribution in [3.05, 3.63) is 42.3 Å². The molecule has 0 bridgehead atoms. The summed E-state index contributed by atoms with van der Waals surface area (Å²) in [5, 5.41) is 11.7. The van der Waals surface area contributed by atoms with Gasteiger partial charge in [0, 0.05) is 51.3 Å². The lowest BCUT2D eigenvalue weighted by Gasteiger charge is -2.53. The fourth-order valence-corrected chi connectivity index (χ4v) is 6.13. The first kappa shape index (κ1) is 25.1. The Bertz CT molecular complexity index is 877. The van der Waals surface area contributed by atoms with Crippen LogP contribution >= 0.6 is 0 Å². The molecule has 4 rings (SSSR count). The van der Waals surface area contributed by atoms with E-state index in [0.717, 1.165) is 56.9 Å². The van der Waals surface area contributed by atoms with Crippen molar-refractivity contribution in [1.29, 1.82) is 0 Å². The van der Waals surface area contributed by atoms with Gasteiger partial charge in [0.25, 0.3) is 0 Å². The molecule has 1 saturated carbocycles. The van der Waals surface area contributed by atoms with E-state index in [0.29, 0.717) is 11.8 Å². The smallest absolute Gasteiger partial charge is 0.303 e. The molecule has 1 aromatic carbocycles. The van der Waals surface area contributed by atoms with Gasteiger partial charge in [0.15, 0.2) is 0 Å². The van der Waals surface area contributed by atoms with Gasteiger partial charge < -0.3 is 19.5 Å². The molecule has 186 valence electrons. The van der Waals surface area contributed by atoms with E-state index < -0.39 is 11.7 Å². The predicted octanol–water partition coefficient (Wildman–Crippen LogP) is 3.82. The van der Waals surface area contributed by atoms with E-state index in [-0.39, 0.29) is 17.8 Å². The van der Waals surface area contributed by atoms with Crippen molar-refractivity contribution in [1.82, 2.24) is 4.90 Å². The number of piperazine rings is 1. The third-order valence-electron chi connectivity index (χ3n) is 8.24. The van der Waals surface area contributed by atoms with E-state index in [9.17, 15) is 9.90 Å². The second-order valence-corrected chi connectivity index (χ2v) is 10.5. The van der Waals surface area contributed by atoms with Crippen LogP contribution < -0.4 is 9.64 Å². The van der Waals surface area contributed by atoms with Crippen LogP contribution in [0.1, 0.15) is 40.5 Å². The molecule has 3 aliphatic rings. The molecule has 0 aromatic heterocycles. The molecular formula is C28H40N2O4. The highest BCUT2D eigenvalue weighted by Gasteiger charge is 2.53. The van der Waals surface area contributed by atoms with E-state index in [1.165, 1.54) is 12.6 Å². The first-order valence-electron chi connectivity index (χ1n) is 12.7. The van der Waals surface area contributed by atoms with E-state index in [1.807, 2.05) is 19.1 Å². The fourth-order valence-electron chi connectivity index (χ4n) is 6.13. The van der Waals surface area contributed by atoms with Gasteiger partial charge in [-0.3, -0.25) is 9.69 Å². The summed E-state index contributed by atoms with van der Waals surface area (Å²) in [6.45, 7) is 13.0. The van der Waals surface area contributed by atoms with Crippen molar-refractivity contribution < 1.29 is 19.4 Å². The second kappa shape index (κ2) is 10.3. The van der Waals surface area contributed by atoms with Crippen LogP contribution in [0.3, 0.4) is 0 Å². The lowest BCUT2D eigenvalue weighted by molar-refractivity contribution is -0.148. The summed E-state index contributed by atoms with van der Waals surface area (Å²) in [6, 6.07) is 8.31. The topological polar surface area (TPSA) is 62.2 Å². The predicted molar refractivity (Wildman–Crippen MR) is 134 cm³/mol. The van der Waals surface area contributed by atoms with Crippen molar-refractivity contribution in [2.45, 2.75) is 52.2 Å². The maximum Gasteiger partial charge on any atom is 0.303 e. The minimum atomic E-state index is -1.05. The molecule has 1 aliphatic heterocycles. The van der Waals surface area contributed by atoms with Crippen LogP contribution in [-0.2, 0) is 9.53 Å². The minimum absolute atomic E-state index is 0.0126. The number of anilines is 1. The summed E-state index contributed by atoms with van der Waals surface area (Å²) in [5.41, 5.74) is 1.17. The number of carbonyl (C=O) groups excluding carboxylic acids is 1. The van der Waals surface area contributed by atoms with E-state index in [4.69, 9.17) is 9.47 Å². The van der Waals surface area contributed by atoms with Gasteiger partial charge in [-0.15, -0.1) is 0 Å². The zero-order valence-electron chi connectivity index (χ0n) is 21.3. The van der Waals surface area contributed by atoms with Gasteiger partial charge in [-0.2, -0.15) is 0 Å². The van der Waals surface area contributed by atoms with Crippen molar-refractivity contribution in [3.8, 4) is 5.75 Å². The Kier molecular flexibility index (Phi) is 7.58. The van der Waals surface area contributed by atoms with Crippen molar-refractivity contribution in [2.75, 3.05) is 44.7 Å². The number of rotatable bonds is 6. The number of aliphatic hydroxyl groups is 1. The summed E-state index contributed by atoms with van der Waals surface area (Å²) in [4.78, 5) is 16.6. The zero-order valence-corrected chi connectivity index (χ0v) is 21.3. The molecule has 6 nitrogen and oxygen atoms in total. The number of carbonyl (C=O) groups is 1. The fraction of sp³-hybridized carbons (Fsp3) is 0.643. The second-order valence-electron chi connectivity index (χ2n) is 10.5. The molecule has 1 N–H and O–H groups in total. The molecule has 0 amide bonds. The maximum atomic E-state index is 11.7. The quantitative estimate of drug-likeness (QED) is 0.506. The Morgan fingerprint density at radius 2 is 1.88 bits per heavy atom. The summed E-state index contributed by atoms with van der Waals surface area (Å²) in [6.07, 6.45) is 6.97. The summed E-state index contributed by atoms with van der Waals surface area (Å²) in [5.74, 6) is 1.48. The van der Waals surface area contributed by atoms with Gasteiger partial charge in [-0.05, 0) is 67.4 Å².